The smallest absolute Gasteiger partial charge is 0.407 e. The molecule has 0 unspecified atom stereocenters. The van der Waals surface area contributed by atoms with Gasteiger partial charge in [0.2, 0.25) is 0 Å². The summed E-state index contributed by atoms with van der Waals surface area (Å²) < 4.78 is 10.3. The largest absolute Gasteiger partial charge is 0.491 e. The monoisotopic (exact) mass is 237 g/mol. The molecule has 0 aliphatic carbocycles. The van der Waals surface area contributed by atoms with Gasteiger partial charge < -0.3 is 14.8 Å². The molecule has 1 N–H and O–H groups in total. The zero-order valence-corrected chi connectivity index (χ0v) is 10.4. The number of benzene rings is 1. The van der Waals surface area contributed by atoms with Crippen LogP contribution in [0.25, 0.3) is 0 Å². The molecular formula is C13H19NO3. The van der Waals surface area contributed by atoms with Crippen molar-refractivity contribution in [2.45, 2.75) is 20.3 Å². The Labute approximate surface area is 102 Å². The Bertz CT molecular complexity index is 352. The van der Waals surface area contributed by atoms with Crippen LogP contribution in [0.15, 0.2) is 24.3 Å². The Balaban J connectivity index is 2.28. The molecule has 0 bridgehead atoms. The summed E-state index contributed by atoms with van der Waals surface area (Å²) in [5, 5.41) is 2.61. The topological polar surface area (TPSA) is 47.6 Å². The number of carbonyl (C=O) groups is 1. The van der Waals surface area contributed by atoms with E-state index < -0.39 is 6.09 Å². The van der Waals surface area contributed by atoms with Crippen molar-refractivity contribution < 1.29 is 14.3 Å². The molecular weight excluding hydrogens is 218 g/mol. The first-order chi connectivity index (χ1) is 8.27. The lowest BCUT2D eigenvalue weighted by molar-refractivity contribution is 0.150. The van der Waals surface area contributed by atoms with Gasteiger partial charge >= 0.3 is 6.09 Å². The van der Waals surface area contributed by atoms with Crippen LogP contribution in [0.2, 0.25) is 0 Å². The molecule has 4 nitrogen and oxygen atoms in total. The molecule has 0 heterocycles. The highest BCUT2D eigenvalue weighted by molar-refractivity contribution is 5.66. The number of carbonyl (C=O) groups excluding carboxylic acids is 1. The van der Waals surface area contributed by atoms with E-state index in [2.05, 4.69) is 12.2 Å². The van der Waals surface area contributed by atoms with Crippen LogP contribution in [0, 0.1) is 0 Å². The van der Waals surface area contributed by atoms with Gasteiger partial charge in [-0.05, 0) is 25.0 Å². The number of hydrogen-bond acceptors (Lipinski definition) is 3. The SMILES string of the molecule is CCOC(=O)NCCOc1ccccc1CC. The lowest BCUT2D eigenvalue weighted by atomic mass is 10.1. The van der Waals surface area contributed by atoms with Crippen LogP contribution in [-0.4, -0.2) is 25.9 Å². The molecule has 0 spiro atoms. The Hall–Kier alpha value is -1.71. The number of alkyl carbamates (subject to hydrolysis) is 1. The average molecular weight is 237 g/mol. The summed E-state index contributed by atoms with van der Waals surface area (Å²) in [6.45, 7) is 5.12. The fourth-order valence-corrected chi connectivity index (χ4v) is 1.43. The fraction of sp³-hybridized carbons (Fsp3) is 0.462. The number of para-hydroxylation sites is 1. The number of aryl methyl sites for hydroxylation is 1. The van der Waals surface area contributed by atoms with Gasteiger partial charge in [-0.25, -0.2) is 4.79 Å². The Morgan fingerprint density at radius 1 is 1.29 bits per heavy atom. The highest BCUT2D eigenvalue weighted by atomic mass is 16.5. The van der Waals surface area contributed by atoms with Gasteiger partial charge in [-0.2, -0.15) is 0 Å². The van der Waals surface area contributed by atoms with Gasteiger partial charge in [0, 0.05) is 0 Å². The van der Waals surface area contributed by atoms with Crippen molar-refractivity contribution in [2.75, 3.05) is 19.8 Å². The molecule has 0 radical (unpaired) electrons. The molecule has 0 saturated carbocycles. The minimum Gasteiger partial charge on any atom is -0.491 e. The molecule has 0 aromatic heterocycles. The van der Waals surface area contributed by atoms with E-state index >= 15 is 0 Å². The maximum absolute atomic E-state index is 11.0. The van der Waals surface area contributed by atoms with Gasteiger partial charge in [-0.3, -0.25) is 0 Å². The molecule has 0 aliphatic rings. The lowest BCUT2D eigenvalue weighted by Gasteiger charge is -2.10. The van der Waals surface area contributed by atoms with Gasteiger partial charge in [0.05, 0.1) is 13.2 Å². The maximum Gasteiger partial charge on any atom is 0.407 e. The number of amides is 1. The van der Waals surface area contributed by atoms with E-state index in [1.54, 1.807) is 6.92 Å². The van der Waals surface area contributed by atoms with Gasteiger partial charge in [0.15, 0.2) is 0 Å². The van der Waals surface area contributed by atoms with Gasteiger partial charge in [-0.15, -0.1) is 0 Å². The number of ether oxygens (including phenoxy) is 2. The van der Waals surface area contributed by atoms with E-state index in [9.17, 15) is 4.79 Å². The molecule has 0 atom stereocenters. The van der Waals surface area contributed by atoms with Crippen molar-refractivity contribution in [2.24, 2.45) is 0 Å². The minimum absolute atomic E-state index is 0.380. The molecule has 1 aromatic rings. The standard InChI is InChI=1S/C13H19NO3/c1-3-11-7-5-6-8-12(11)17-10-9-14-13(15)16-4-2/h5-8H,3-4,9-10H2,1-2H3,(H,14,15). The Morgan fingerprint density at radius 3 is 2.76 bits per heavy atom. The van der Waals surface area contributed by atoms with Gasteiger partial charge in [-0.1, -0.05) is 25.1 Å². The summed E-state index contributed by atoms with van der Waals surface area (Å²) in [5.41, 5.74) is 1.17. The van der Waals surface area contributed by atoms with E-state index in [4.69, 9.17) is 9.47 Å². The van der Waals surface area contributed by atoms with Gasteiger partial charge in [0.25, 0.3) is 0 Å². The first-order valence-electron chi connectivity index (χ1n) is 5.89. The fourth-order valence-electron chi connectivity index (χ4n) is 1.43. The van der Waals surface area contributed by atoms with E-state index in [1.165, 1.54) is 5.56 Å². The molecule has 1 amide bonds. The average Bonchev–Trinajstić information content (AvgIpc) is 2.35. The van der Waals surface area contributed by atoms with Crippen LogP contribution >= 0.6 is 0 Å². The molecule has 4 heteroatoms. The second kappa shape index (κ2) is 7.54. The highest BCUT2D eigenvalue weighted by Gasteiger charge is 2.01. The third-order valence-corrected chi connectivity index (χ3v) is 2.26. The van der Waals surface area contributed by atoms with Crippen LogP contribution in [0.5, 0.6) is 5.75 Å². The van der Waals surface area contributed by atoms with Crippen molar-refractivity contribution in [3.05, 3.63) is 29.8 Å². The Morgan fingerprint density at radius 2 is 2.06 bits per heavy atom. The summed E-state index contributed by atoms with van der Waals surface area (Å²) >= 11 is 0. The van der Waals surface area contributed by atoms with Crippen LogP contribution in [0.3, 0.4) is 0 Å². The van der Waals surface area contributed by atoms with Crippen LogP contribution < -0.4 is 10.1 Å². The van der Waals surface area contributed by atoms with Crippen molar-refractivity contribution in [3.8, 4) is 5.75 Å². The molecule has 1 aromatic carbocycles. The van der Waals surface area contributed by atoms with E-state index in [0.29, 0.717) is 19.8 Å². The highest BCUT2D eigenvalue weighted by Crippen LogP contribution is 2.17. The third-order valence-electron chi connectivity index (χ3n) is 2.26. The van der Waals surface area contributed by atoms with Crippen molar-refractivity contribution in [3.63, 3.8) is 0 Å². The van der Waals surface area contributed by atoms with Crippen LogP contribution in [0.4, 0.5) is 4.79 Å². The van der Waals surface area contributed by atoms with E-state index in [1.807, 2.05) is 24.3 Å². The second-order valence-electron chi connectivity index (χ2n) is 3.46. The quantitative estimate of drug-likeness (QED) is 0.773. The van der Waals surface area contributed by atoms with Crippen molar-refractivity contribution in [1.82, 2.24) is 5.32 Å². The minimum atomic E-state index is -0.403. The predicted octanol–water partition coefficient (Wildman–Crippen LogP) is 2.37. The zero-order valence-electron chi connectivity index (χ0n) is 10.4. The van der Waals surface area contributed by atoms with Crippen molar-refractivity contribution >= 4 is 6.09 Å². The summed E-state index contributed by atoms with van der Waals surface area (Å²) in [6.07, 6.45) is 0.529. The summed E-state index contributed by atoms with van der Waals surface area (Å²) in [7, 11) is 0. The molecule has 1 rings (SSSR count). The predicted molar refractivity (Wildman–Crippen MR) is 66.3 cm³/mol. The van der Waals surface area contributed by atoms with E-state index in [-0.39, 0.29) is 0 Å². The number of hydrogen-bond donors (Lipinski definition) is 1. The maximum atomic E-state index is 11.0. The van der Waals surface area contributed by atoms with Gasteiger partial charge in [0.1, 0.15) is 12.4 Å². The number of rotatable bonds is 6. The lowest BCUT2D eigenvalue weighted by Crippen LogP contribution is -2.28. The molecule has 17 heavy (non-hydrogen) atoms. The molecule has 0 fully saturated rings. The van der Waals surface area contributed by atoms with Crippen molar-refractivity contribution in [1.29, 1.82) is 0 Å². The number of nitrogens with one attached hydrogen (secondary N) is 1. The van der Waals surface area contributed by atoms with Crippen LogP contribution in [-0.2, 0) is 11.2 Å². The Kier molecular flexibility index (Phi) is 5.93. The molecule has 0 saturated heterocycles. The molecule has 0 aliphatic heterocycles. The zero-order chi connectivity index (χ0) is 12.5. The summed E-state index contributed by atoms with van der Waals surface area (Å²) in [6, 6.07) is 7.90. The summed E-state index contributed by atoms with van der Waals surface area (Å²) in [4.78, 5) is 11.0. The normalized spacial score (nSPS) is 9.76. The van der Waals surface area contributed by atoms with Crippen LogP contribution in [0.1, 0.15) is 19.4 Å². The summed E-state index contributed by atoms with van der Waals surface area (Å²) in [5.74, 6) is 0.876. The second-order valence-corrected chi connectivity index (χ2v) is 3.46. The third kappa shape index (κ3) is 4.76. The van der Waals surface area contributed by atoms with E-state index in [0.717, 1.165) is 12.2 Å². The molecule has 94 valence electrons. The first-order valence-corrected chi connectivity index (χ1v) is 5.89. The first kappa shape index (κ1) is 13.4.